The van der Waals surface area contributed by atoms with Crippen LogP contribution in [0, 0.1) is 20.2 Å². The zero-order valence-electron chi connectivity index (χ0n) is 13.3. The van der Waals surface area contributed by atoms with Crippen LogP contribution >= 0.6 is 0 Å². The highest BCUT2D eigenvalue weighted by Gasteiger charge is 2.51. The van der Waals surface area contributed by atoms with Crippen LogP contribution in [0.15, 0.2) is 35.3 Å². The molecule has 0 spiro atoms. The minimum atomic E-state index is -2.73. The molecule has 0 aliphatic carbocycles. The molecule has 1 aromatic rings. The smallest absolute Gasteiger partial charge is 0.317 e. The molecule has 0 aromatic heterocycles. The number of esters is 1. The molecule has 1 aliphatic rings. The number of nitro benzene ring substituents is 2. The normalized spacial score (nSPS) is 20.5. The maximum atomic E-state index is 12.5. The third kappa shape index (κ3) is 3.36. The van der Waals surface area contributed by atoms with Crippen molar-refractivity contribution in [3.8, 4) is 0 Å². The maximum absolute atomic E-state index is 12.5. The van der Waals surface area contributed by atoms with Crippen LogP contribution in [0.5, 0.6) is 0 Å². The number of nitro groups is 2. The summed E-state index contributed by atoms with van der Waals surface area (Å²) in [6.07, 6.45) is 3.66. The second-order valence-corrected chi connectivity index (χ2v) is 6.23. The van der Waals surface area contributed by atoms with Crippen molar-refractivity contribution in [3.63, 3.8) is 0 Å². The molecule has 3 atom stereocenters. The molecule has 3 unspecified atom stereocenters. The number of carbonyl (C=O) groups is 1. The van der Waals surface area contributed by atoms with Gasteiger partial charge in [0.05, 0.1) is 22.5 Å². The number of carbonyl (C=O) groups excluding carboxylic acids is 1. The molecule has 11 nitrogen and oxygen atoms in total. The van der Waals surface area contributed by atoms with Gasteiger partial charge in [-0.1, -0.05) is 0 Å². The lowest BCUT2D eigenvalue weighted by atomic mass is 9.89. The number of rotatable bonds is 7. The van der Waals surface area contributed by atoms with E-state index >= 15 is 0 Å². The van der Waals surface area contributed by atoms with Crippen LogP contribution < -0.4 is 0 Å². The van der Waals surface area contributed by atoms with Gasteiger partial charge in [0.1, 0.15) is 5.92 Å². The summed E-state index contributed by atoms with van der Waals surface area (Å²) in [5.41, 5.74) is -1.63. The third-order valence-corrected chi connectivity index (χ3v) is 4.68. The van der Waals surface area contributed by atoms with Gasteiger partial charge in [-0.3, -0.25) is 30.0 Å². The lowest BCUT2D eigenvalue weighted by Crippen LogP contribution is -2.41. The van der Waals surface area contributed by atoms with Gasteiger partial charge < -0.3 is 9.29 Å². The standard InChI is InChI=1S/C14H13N3O8S/c1-2-25-13(18)12(14(26(23)24)6-3-7-15-14)10-5-4-9(16(19)20)8-11(10)17(21)22/h3-8,12H,2H2,1H3,(H,23,24). The number of ether oxygens (including phenoxy) is 1. The molecule has 1 N–H and O–H groups in total. The van der Waals surface area contributed by atoms with Crippen LogP contribution in [0.2, 0.25) is 0 Å². The van der Waals surface area contributed by atoms with Gasteiger partial charge in [0, 0.05) is 17.8 Å². The fraction of sp³-hybridized carbons (Fsp3) is 0.286. The average Bonchev–Trinajstić information content (AvgIpc) is 3.06. The zero-order valence-corrected chi connectivity index (χ0v) is 14.1. The highest BCUT2D eigenvalue weighted by Crippen LogP contribution is 2.42. The van der Waals surface area contributed by atoms with E-state index < -0.39 is 49.1 Å². The van der Waals surface area contributed by atoms with Crippen molar-refractivity contribution in [1.29, 1.82) is 0 Å². The third-order valence-electron chi connectivity index (χ3n) is 3.65. The summed E-state index contributed by atoms with van der Waals surface area (Å²) in [4.78, 5) is 34.9. The fourth-order valence-electron chi connectivity index (χ4n) is 2.55. The molecule has 12 heteroatoms. The van der Waals surface area contributed by atoms with Crippen molar-refractivity contribution in [2.24, 2.45) is 4.99 Å². The largest absolute Gasteiger partial charge is 0.465 e. The van der Waals surface area contributed by atoms with Crippen LogP contribution in [0.1, 0.15) is 18.4 Å². The fourth-order valence-corrected chi connectivity index (χ4v) is 3.32. The number of allylic oxidation sites excluding steroid dienone is 1. The molecule has 0 fully saturated rings. The second kappa shape index (κ2) is 7.49. The van der Waals surface area contributed by atoms with Crippen LogP contribution in [0.3, 0.4) is 0 Å². The van der Waals surface area contributed by atoms with Crippen LogP contribution in [-0.2, 0) is 20.6 Å². The number of hydrogen-bond donors (Lipinski definition) is 1. The molecule has 26 heavy (non-hydrogen) atoms. The van der Waals surface area contributed by atoms with Crippen molar-refractivity contribution in [1.82, 2.24) is 0 Å². The average molecular weight is 383 g/mol. The number of nitrogens with zero attached hydrogens (tertiary/aromatic N) is 3. The first-order chi connectivity index (χ1) is 12.2. The molecule has 2 rings (SSSR count). The SMILES string of the molecule is CCOC(=O)C(c1ccc([N+](=O)[O-])cc1[N+](=O)[O-])C1(S(=O)O)C=CC=N1. The van der Waals surface area contributed by atoms with E-state index in [4.69, 9.17) is 4.74 Å². The van der Waals surface area contributed by atoms with Crippen LogP contribution in [0.4, 0.5) is 11.4 Å². The van der Waals surface area contributed by atoms with Gasteiger partial charge in [-0.15, -0.1) is 0 Å². The Morgan fingerprint density at radius 3 is 2.54 bits per heavy atom. The van der Waals surface area contributed by atoms with Gasteiger partial charge in [0.15, 0.2) is 16.0 Å². The van der Waals surface area contributed by atoms with Gasteiger partial charge in [-0.2, -0.15) is 0 Å². The maximum Gasteiger partial charge on any atom is 0.317 e. The van der Waals surface area contributed by atoms with Gasteiger partial charge in [0.2, 0.25) is 0 Å². The Morgan fingerprint density at radius 1 is 1.38 bits per heavy atom. The van der Waals surface area contributed by atoms with Gasteiger partial charge in [-0.05, 0) is 25.1 Å². The monoisotopic (exact) mass is 383 g/mol. The van der Waals surface area contributed by atoms with Crippen molar-refractivity contribution in [3.05, 3.63) is 56.1 Å². The molecule has 0 saturated heterocycles. The van der Waals surface area contributed by atoms with E-state index in [-0.39, 0.29) is 12.2 Å². The Labute approximate surface area is 149 Å². The molecular weight excluding hydrogens is 370 g/mol. The Morgan fingerprint density at radius 2 is 2.08 bits per heavy atom. The first-order valence-electron chi connectivity index (χ1n) is 7.18. The summed E-state index contributed by atoms with van der Waals surface area (Å²) in [5, 5.41) is 22.3. The van der Waals surface area contributed by atoms with Crippen molar-refractivity contribution in [2.75, 3.05) is 6.61 Å². The molecule has 0 bridgehead atoms. The minimum Gasteiger partial charge on any atom is -0.465 e. The molecular formula is C14H13N3O8S. The van der Waals surface area contributed by atoms with Crippen LogP contribution in [-0.4, -0.2) is 42.3 Å². The summed E-state index contributed by atoms with van der Waals surface area (Å²) < 4.78 is 26.6. The highest BCUT2D eigenvalue weighted by molar-refractivity contribution is 7.81. The van der Waals surface area contributed by atoms with Gasteiger partial charge in [-0.25, -0.2) is 4.21 Å². The summed E-state index contributed by atoms with van der Waals surface area (Å²) >= 11 is -2.73. The van der Waals surface area contributed by atoms with E-state index in [2.05, 4.69) is 4.99 Å². The first-order valence-corrected chi connectivity index (χ1v) is 8.28. The van der Waals surface area contributed by atoms with Crippen molar-refractivity contribution >= 4 is 34.6 Å². The Kier molecular flexibility index (Phi) is 5.57. The molecule has 1 heterocycles. The summed E-state index contributed by atoms with van der Waals surface area (Å²) in [6, 6.07) is 2.64. The lowest BCUT2D eigenvalue weighted by molar-refractivity contribution is -0.394. The molecule has 1 aromatic carbocycles. The number of non-ortho nitro benzene ring substituents is 1. The second-order valence-electron chi connectivity index (χ2n) is 5.08. The predicted octanol–water partition coefficient (Wildman–Crippen LogP) is 1.71. The number of benzene rings is 1. The van der Waals surface area contributed by atoms with E-state index in [1.165, 1.54) is 19.2 Å². The predicted molar refractivity (Wildman–Crippen MR) is 90.3 cm³/mol. The summed E-state index contributed by atoms with van der Waals surface area (Å²) in [5.74, 6) is -2.67. The zero-order chi connectivity index (χ0) is 19.5. The topological polar surface area (TPSA) is 162 Å². The summed E-state index contributed by atoms with van der Waals surface area (Å²) in [7, 11) is 0. The molecule has 0 radical (unpaired) electrons. The van der Waals surface area contributed by atoms with E-state index in [0.717, 1.165) is 18.2 Å². The molecule has 0 saturated carbocycles. The van der Waals surface area contributed by atoms with Crippen molar-refractivity contribution in [2.45, 2.75) is 17.7 Å². The summed E-state index contributed by atoms with van der Waals surface area (Å²) in [6.45, 7) is 1.41. The van der Waals surface area contributed by atoms with E-state index in [1.807, 2.05) is 0 Å². The van der Waals surface area contributed by atoms with E-state index in [0.29, 0.717) is 6.07 Å². The lowest BCUT2D eigenvalue weighted by Gasteiger charge is -2.28. The quantitative estimate of drug-likeness (QED) is 0.322. The molecule has 0 amide bonds. The Balaban J connectivity index is 2.75. The molecule has 1 aliphatic heterocycles. The minimum absolute atomic E-state index is 0.0856. The first kappa shape index (κ1) is 19.3. The molecule has 138 valence electrons. The van der Waals surface area contributed by atoms with E-state index in [1.54, 1.807) is 0 Å². The van der Waals surface area contributed by atoms with Crippen LogP contribution in [0.25, 0.3) is 0 Å². The Bertz CT molecular complexity index is 839. The number of hydrogen-bond acceptors (Lipinski definition) is 8. The van der Waals surface area contributed by atoms with E-state index in [9.17, 15) is 33.8 Å². The number of aliphatic imine (C=N–C) groups is 1. The van der Waals surface area contributed by atoms with Gasteiger partial charge in [0.25, 0.3) is 11.4 Å². The van der Waals surface area contributed by atoms with Gasteiger partial charge >= 0.3 is 5.97 Å². The van der Waals surface area contributed by atoms with Crippen molar-refractivity contribution < 1.29 is 28.1 Å². The Hall–Kier alpha value is -2.99. The highest BCUT2D eigenvalue weighted by atomic mass is 32.2.